The smallest absolute Gasteiger partial charge is 0.326 e. The van der Waals surface area contributed by atoms with Gasteiger partial charge in [-0.25, -0.2) is 9.59 Å². The van der Waals surface area contributed by atoms with Gasteiger partial charge in [0.1, 0.15) is 19.0 Å². The van der Waals surface area contributed by atoms with E-state index in [1.54, 1.807) is 43.3 Å². The first kappa shape index (κ1) is 34.3. The van der Waals surface area contributed by atoms with E-state index >= 15 is 0 Å². The number of ether oxygens (including phenoxy) is 2. The van der Waals surface area contributed by atoms with Crippen molar-refractivity contribution in [3.63, 3.8) is 0 Å². The van der Waals surface area contributed by atoms with Crippen molar-refractivity contribution in [1.82, 2.24) is 24.9 Å². The first-order valence-corrected chi connectivity index (χ1v) is 16.4. The predicted octanol–water partition coefficient (Wildman–Crippen LogP) is 4.66. The van der Waals surface area contributed by atoms with E-state index in [0.29, 0.717) is 60.1 Å². The first-order valence-electron chi connectivity index (χ1n) is 15.6. The zero-order valence-electron chi connectivity index (χ0n) is 26.8. The molecule has 6 amide bonds. The van der Waals surface area contributed by atoms with E-state index in [2.05, 4.69) is 10.6 Å². The van der Waals surface area contributed by atoms with Crippen molar-refractivity contribution < 1.29 is 28.7 Å². The summed E-state index contributed by atoms with van der Waals surface area (Å²) in [5.74, 6) is 0.306. The highest BCUT2D eigenvalue weighted by Gasteiger charge is 2.34. The van der Waals surface area contributed by atoms with Crippen LogP contribution in [-0.4, -0.2) is 109 Å². The molecule has 3 aliphatic heterocycles. The summed E-state index contributed by atoms with van der Waals surface area (Å²) in [7, 11) is 1.62. The predicted molar refractivity (Wildman–Crippen MR) is 179 cm³/mol. The molecule has 1 atom stereocenters. The van der Waals surface area contributed by atoms with Crippen LogP contribution in [-0.2, 0) is 20.7 Å². The molecule has 3 heterocycles. The van der Waals surface area contributed by atoms with Crippen LogP contribution < -0.4 is 15.4 Å². The maximum atomic E-state index is 13.9. The third-order valence-corrected chi connectivity index (χ3v) is 9.59. The Kier molecular flexibility index (Phi) is 11.2. The lowest BCUT2D eigenvalue weighted by molar-refractivity contribution is -0.133. The van der Waals surface area contributed by atoms with Crippen molar-refractivity contribution in [3.05, 3.63) is 63.8 Å². The number of urea groups is 2. The second kappa shape index (κ2) is 15.3. The molecule has 14 heteroatoms. The van der Waals surface area contributed by atoms with Gasteiger partial charge in [0.2, 0.25) is 11.8 Å². The first-order chi connectivity index (χ1) is 22.5. The Morgan fingerprint density at radius 2 is 1.89 bits per heavy atom. The molecule has 5 rings (SSSR count). The Morgan fingerprint density at radius 3 is 2.62 bits per heavy atom. The zero-order valence-corrected chi connectivity index (χ0v) is 28.3. The molecule has 0 radical (unpaired) electrons. The quantitative estimate of drug-likeness (QED) is 0.417. The van der Waals surface area contributed by atoms with Crippen LogP contribution in [0.3, 0.4) is 0 Å². The average Bonchev–Trinajstić information content (AvgIpc) is 3.22. The third kappa shape index (κ3) is 8.11. The fraction of sp³-hybridized carbons (Fsp3) is 0.455. The molecule has 12 nitrogen and oxygen atoms in total. The summed E-state index contributed by atoms with van der Waals surface area (Å²) in [6.45, 7) is 4.72. The maximum Gasteiger partial charge on any atom is 0.326 e. The Labute approximate surface area is 284 Å². The van der Waals surface area contributed by atoms with Gasteiger partial charge < -0.3 is 29.9 Å². The molecule has 1 fully saturated rings. The standard InChI is InChI=1S/C33H40Cl2N6O6/c1-21(16-36-22(2)42)41-20-47-19-24(27-5-4-6-28(34)31(27)35)17-39(33(41)45)18-30(43)38-12-10-25(11-13-38)40-14-9-23-15-26(46-3)7-8-29(23)37-32(40)44/h4-8,15,17,21,25H,9-14,16,18-20H2,1-3H3,(H,36,42)(H,37,44)/b24-17+/t21-/m0/s1. The van der Waals surface area contributed by atoms with E-state index < -0.39 is 12.1 Å². The fourth-order valence-corrected chi connectivity index (χ4v) is 6.48. The van der Waals surface area contributed by atoms with E-state index in [0.717, 1.165) is 17.0 Å². The van der Waals surface area contributed by atoms with Gasteiger partial charge in [0.05, 0.1) is 29.8 Å². The summed E-state index contributed by atoms with van der Waals surface area (Å²) in [5.41, 5.74) is 2.99. The number of nitrogens with zero attached hydrogens (tertiary/aromatic N) is 4. The van der Waals surface area contributed by atoms with Gasteiger partial charge in [0.15, 0.2) is 0 Å². The molecule has 3 aliphatic rings. The van der Waals surface area contributed by atoms with Crippen LogP contribution in [0.1, 0.15) is 37.8 Å². The SMILES string of the molecule is COc1ccc2c(c1)CCN(C1CCN(C(=O)CN3/C=C(/c4cccc(Cl)c4Cl)COCN([C@@H](C)CNC(C)=O)C3=O)CC1)C(=O)N2. The van der Waals surface area contributed by atoms with Crippen molar-refractivity contribution in [3.8, 4) is 5.75 Å². The van der Waals surface area contributed by atoms with Crippen LogP contribution in [0.4, 0.5) is 15.3 Å². The molecule has 2 N–H and O–H groups in total. The van der Waals surface area contributed by atoms with Gasteiger partial charge in [-0.3, -0.25) is 19.4 Å². The van der Waals surface area contributed by atoms with E-state index in [9.17, 15) is 19.2 Å². The lowest BCUT2D eigenvalue weighted by atomic mass is 10.0. The highest BCUT2D eigenvalue weighted by atomic mass is 35.5. The number of amides is 6. The average molecular weight is 688 g/mol. The van der Waals surface area contributed by atoms with Crippen LogP contribution in [0.5, 0.6) is 5.75 Å². The number of fused-ring (bicyclic) bond motifs is 1. The minimum absolute atomic E-state index is 0.0303. The molecule has 0 spiro atoms. The minimum atomic E-state index is -0.445. The molecular formula is C33H40Cl2N6O6. The topological polar surface area (TPSA) is 124 Å². The molecule has 0 saturated carbocycles. The number of rotatable bonds is 8. The molecule has 0 bridgehead atoms. The van der Waals surface area contributed by atoms with Gasteiger partial charge >= 0.3 is 12.1 Å². The maximum absolute atomic E-state index is 13.9. The number of benzene rings is 2. The number of hydrogen-bond donors (Lipinski definition) is 2. The number of anilines is 1. The molecule has 2 aromatic rings. The van der Waals surface area contributed by atoms with Gasteiger partial charge in [0, 0.05) is 62.2 Å². The highest BCUT2D eigenvalue weighted by molar-refractivity contribution is 6.43. The number of carbonyl (C=O) groups is 4. The number of methoxy groups -OCH3 is 1. The number of halogens is 2. The van der Waals surface area contributed by atoms with E-state index in [1.807, 2.05) is 23.1 Å². The number of hydrogen-bond acceptors (Lipinski definition) is 6. The number of carbonyl (C=O) groups excluding carboxylic acids is 4. The minimum Gasteiger partial charge on any atom is -0.497 e. The lowest BCUT2D eigenvalue weighted by Crippen LogP contribution is -2.54. The molecule has 47 heavy (non-hydrogen) atoms. The summed E-state index contributed by atoms with van der Waals surface area (Å²) in [6, 6.07) is 9.80. The van der Waals surface area contributed by atoms with Crippen LogP contribution in [0.2, 0.25) is 10.0 Å². The second-order valence-corrected chi connectivity index (χ2v) is 12.7. The Balaban J connectivity index is 1.28. The third-order valence-electron chi connectivity index (χ3n) is 8.77. The number of likely N-dealkylation sites (tertiary alicyclic amines) is 1. The van der Waals surface area contributed by atoms with Crippen molar-refractivity contribution in [1.29, 1.82) is 0 Å². The molecule has 2 aromatic carbocycles. The normalized spacial score (nSPS) is 19.5. The molecule has 252 valence electrons. The number of piperidine rings is 1. The van der Waals surface area contributed by atoms with Gasteiger partial charge in [0.25, 0.3) is 0 Å². The van der Waals surface area contributed by atoms with Crippen molar-refractivity contribution in [2.75, 3.05) is 58.5 Å². The van der Waals surface area contributed by atoms with E-state index in [-0.39, 0.29) is 50.3 Å². The second-order valence-electron chi connectivity index (χ2n) is 11.9. The summed E-state index contributed by atoms with van der Waals surface area (Å²) in [6.07, 6.45) is 3.50. The van der Waals surface area contributed by atoms with Crippen LogP contribution >= 0.6 is 23.2 Å². The van der Waals surface area contributed by atoms with Crippen molar-refractivity contribution in [2.24, 2.45) is 0 Å². The monoisotopic (exact) mass is 686 g/mol. The summed E-state index contributed by atoms with van der Waals surface area (Å²) in [5, 5.41) is 6.44. The highest BCUT2D eigenvalue weighted by Crippen LogP contribution is 2.32. The van der Waals surface area contributed by atoms with Crippen LogP contribution in [0, 0.1) is 0 Å². The number of nitrogens with one attached hydrogen (secondary N) is 2. The summed E-state index contributed by atoms with van der Waals surface area (Å²) < 4.78 is 11.2. The molecule has 1 saturated heterocycles. The summed E-state index contributed by atoms with van der Waals surface area (Å²) >= 11 is 12.8. The van der Waals surface area contributed by atoms with E-state index in [1.165, 1.54) is 16.7 Å². The molecule has 0 aromatic heterocycles. The zero-order chi connectivity index (χ0) is 33.7. The molecular weight excluding hydrogens is 647 g/mol. The van der Waals surface area contributed by atoms with E-state index in [4.69, 9.17) is 32.7 Å². The van der Waals surface area contributed by atoms with Gasteiger partial charge in [-0.05, 0) is 56.0 Å². The van der Waals surface area contributed by atoms with Crippen molar-refractivity contribution >= 4 is 58.3 Å². The van der Waals surface area contributed by atoms with Crippen LogP contribution in [0.15, 0.2) is 42.6 Å². The lowest BCUT2D eigenvalue weighted by Gasteiger charge is -2.39. The van der Waals surface area contributed by atoms with Gasteiger partial charge in [-0.2, -0.15) is 0 Å². The van der Waals surface area contributed by atoms with Crippen LogP contribution in [0.25, 0.3) is 5.57 Å². The Morgan fingerprint density at radius 1 is 1.13 bits per heavy atom. The van der Waals surface area contributed by atoms with Gasteiger partial charge in [-0.1, -0.05) is 35.3 Å². The summed E-state index contributed by atoms with van der Waals surface area (Å²) in [4.78, 5) is 58.8. The molecule has 0 aliphatic carbocycles. The largest absolute Gasteiger partial charge is 0.497 e. The Bertz CT molecular complexity index is 1550. The molecule has 0 unspecified atom stereocenters. The Hall–Kier alpha value is -4.00. The van der Waals surface area contributed by atoms with Gasteiger partial charge in [-0.15, -0.1) is 0 Å². The fourth-order valence-electron chi connectivity index (χ4n) is 6.06. The van der Waals surface area contributed by atoms with Crippen molar-refractivity contribution in [2.45, 2.75) is 45.2 Å².